The Hall–Kier alpha value is -4.21. The number of nitrogens with one attached hydrogen (secondary N) is 2. The molecule has 0 atom stereocenters. The Labute approximate surface area is 196 Å². The third-order valence-corrected chi connectivity index (χ3v) is 5.33. The van der Waals surface area contributed by atoms with Crippen LogP contribution in [-0.2, 0) is 0 Å². The van der Waals surface area contributed by atoms with Crippen molar-refractivity contribution in [2.45, 2.75) is 13.8 Å². The molecule has 0 fully saturated rings. The molecule has 0 bridgehead atoms. The number of nitrogens with zero attached hydrogens (tertiary/aromatic N) is 2. The Morgan fingerprint density at radius 3 is 2.39 bits per heavy atom. The van der Waals surface area contributed by atoms with Crippen molar-refractivity contribution in [1.29, 1.82) is 0 Å². The molecular formula is C26H19ClN4O2. The summed E-state index contributed by atoms with van der Waals surface area (Å²) < 4.78 is 0. The summed E-state index contributed by atoms with van der Waals surface area (Å²) in [5.41, 5.74) is 9.88. The Morgan fingerprint density at radius 1 is 0.848 bits per heavy atom. The van der Waals surface area contributed by atoms with Gasteiger partial charge < -0.3 is 0 Å². The van der Waals surface area contributed by atoms with E-state index in [1.165, 1.54) is 0 Å². The lowest BCUT2D eigenvalue weighted by Gasteiger charge is -2.11. The number of halogens is 1. The number of rotatable bonds is 2. The fraction of sp³-hybridized carbons (Fsp3) is 0.0769. The zero-order valence-corrected chi connectivity index (χ0v) is 18.7. The molecule has 3 aromatic carbocycles. The van der Waals surface area contributed by atoms with Crippen LogP contribution < -0.4 is 10.9 Å². The van der Waals surface area contributed by atoms with Crippen molar-refractivity contribution in [1.82, 2.24) is 20.8 Å². The van der Waals surface area contributed by atoms with Crippen LogP contribution in [0.2, 0.25) is 5.02 Å². The van der Waals surface area contributed by atoms with Crippen LogP contribution >= 0.6 is 11.6 Å². The highest BCUT2D eigenvalue weighted by molar-refractivity contribution is 6.34. The molecule has 0 unspecified atom stereocenters. The monoisotopic (exact) mass is 454 g/mol. The summed E-state index contributed by atoms with van der Waals surface area (Å²) >= 11 is 6.11. The van der Waals surface area contributed by atoms with E-state index >= 15 is 0 Å². The molecule has 0 radical (unpaired) electrons. The zero-order chi connectivity index (χ0) is 23.4. The summed E-state index contributed by atoms with van der Waals surface area (Å²) in [7, 11) is 0. The van der Waals surface area contributed by atoms with Crippen molar-refractivity contribution in [2.75, 3.05) is 0 Å². The average molecular weight is 455 g/mol. The van der Waals surface area contributed by atoms with Gasteiger partial charge in [-0.1, -0.05) is 47.9 Å². The number of amides is 2. The summed E-state index contributed by atoms with van der Waals surface area (Å²) in [4.78, 5) is 33.9. The summed E-state index contributed by atoms with van der Waals surface area (Å²) in [6, 6.07) is 17.8. The smallest absolute Gasteiger partial charge is 0.267 e. The van der Waals surface area contributed by atoms with E-state index < -0.39 is 11.8 Å². The first kappa shape index (κ1) is 22.0. The third-order valence-electron chi connectivity index (χ3n) is 5.01. The topological polar surface area (TPSA) is 84.0 Å². The highest BCUT2D eigenvalue weighted by atomic mass is 35.5. The van der Waals surface area contributed by atoms with Gasteiger partial charge in [0.25, 0.3) is 11.8 Å². The quantitative estimate of drug-likeness (QED) is 0.348. The van der Waals surface area contributed by atoms with E-state index in [1.807, 2.05) is 31.2 Å². The Morgan fingerprint density at radius 2 is 1.61 bits per heavy atom. The second-order valence-electron chi connectivity index (χ2n) is 7.36. The molecule has 2 N–H and O–H groups in total. The summed E-state index contributed by atoms with van der Waals surface area (Å²) in [5, 5.41) is 0.312. The van der Waals surface area contributed by atoms with Crippen LogP contribution in [0.5, 0.6) is 0 Å². The molecule has 0 aliphatic heterocycles. The van der Waals surface area contributed by atoms with Crippen molar-refractivity contribution < 1.29 is 9.59 Å². The van der Waals surface area contributed by atoms with Gasteiger partial charge in [-0.3, -0.25) is 25.4 Å². The van der Waals surface area contributed by atoms with Gasteiger partial charge in [0, 0.05) is 11.1 Å². The molecule has 4 aromatic rings. The Bertz CT molecular complexity index is 1430. The molecule has 0 saturated carbocycles. The lowest BCUT2D eigenvalue weighted by atomic mass is 10.0. The molecule has 0 aliphatic rings. The Kier molecular flexibility index (Phi) is 6.34. The van der Waals surface area contributed by atoms with Gasteiger partial charge in [-0.05, 0) is 61.2 Å². The van der Waals surface area contributed by atoms with Crippen molar-refractivity contribution in [3.63, 3.8) is 0 Å². The molecule has 0 aliphatic carbocycles. The first-order valence-electron chi connectivity index (χ1n) is 10.1. The maximum Gasteiger partial charge on any atom is 0.271 e. The van der Waals surface area contributed by atoms with Crippen molar-refractivity contribution >= 4 is 34.4 Å². The van der Waals surface area contributed by atoms with Gasteiger partial charge in [0.1, 0.15) is 5.69 Å². The normalized spacial score (nSPS) is 10.3. The number of hydrogen-bond donors (Lipinski definition) is 2. The highest BCUT2D eigenvalue weighted by Crippen LogP contribution is 2.19. The van der Waals surface area contributed by atoms with E-state index in [0.717, 1.165) is 16.6 Å². The van der Waals surface area contributed by atoms with Crippen LogP contribution in [0.25, 0.3) is 11.0 Å². The molecule has 7 heteroatoms. The van der Waals surface area contributed by atoms with Crippen LogP contribution in [-0.4, -0.2) is 21.8 Å². The van der Waals surface area contributed by atoms with E-state index in [0.29, 0.717) is 33.0 Å². The van der Waals surface area contributed by atoms with Crippen LogP contribution in [0.1, 0.15) is 43.1 Å². The summed E-state index contributed by atoms with van der Waals surface area (Å²) in [6.45, 7) is 3.67. The highest BCUT2D eigenvalue weighted by Gasteiger charge is 2.15. The first-order chi connectivity index (χ1) is 15.9. The van der Waals surface area contributed by atoms with Gasteiger partial charge in [-0.25, -0.2) is 4.98 Å². The van der Waals surface area contributed by atoms with Crippen molar-refractivity contribution in [3.8, 4) is 11.8 Å². The van der Waals surface area contributed by atoms with Gasteiger partial charge in [0.05, 0.1) is 27.8 Å². The molecule has 1 aromatic heterocycles. The largest absolute Gasteiger partial charge is 0.271 e. The van der Waals surface area contributed by atoms with Crippen molar-refractivity contribution in [3.05, 3.63) is 105 Å². The number of hydrogen-bond acceptors (Lipinski definition) is 4. The maximum atomic E-state index is 12.6. The zero-order valence-electron chi connectivity index (χ0n) is 17.9. The fourth-order valence-electron chi connectivity index (χ4n) is 3.21. The number of para-hydroxylation sites is 2. The number of aromatic nitrogens is 2. The number of fused-ring (bicyclic) bond motifs is 1. The number of hydrazine groups is 1. The molecule has 162 valence electrons. The number of benzene rings is 3. The van der Waals surface area contributed by atoms with Gasteiger partial charge in [-0.2, -0.15) is 0 Å². The predicted octanol–water partition coefficient (Wildman–Crippen LogP) is 4.37. The maximum absolute atomic E-state index is 12.6. The first-order valence-corrected chi connectivity index (χ1v) is 10.5. The summed E-state index contributed by atoms with van der Waals surface area (Å²) in [6.07, 6.45) is 1.62. The predicted molar refractivity (Wildman–Crippen MR) is 128 cm³/mol. The van der Waals surface area contributed by atoms with E-state index in [1.54, 1.807) is 49.5 Å². The lowest BCUT2D eigenvalue weighted by Crippen LogP contribution is -2.42. The Balaban J connectivity index is 1.50. The van der Waals surface area contributed by atoms with Crippen LogP contribution in [0, 0.1) is 25.7 Å². The van der Waals surface area contributed by atoms with Crippen LogP contribution in [0.3, 0.4) is 0 Å². The van der Waals surface area contributed by atoms with Gasteiger partial charge >= 0.3 is 0 Å². The van der Waals surface area contributed by atoms with E-state index in [-0.39, 0.29) is 0 Å². The van der Waals surface area contributed by atoms with Crippen molar-refractivity contribution in [2.24, 2.45) is 0 Å². The third kappa shape index (κ3) is 5.00. The molecule has 1 heterocycles. The minimum atomic E-state index is -0.492. The van der Waals surface area contributed by atoms with Gasteiger partial charge in [0.2, 0.25) is 0 Å². The SMILES string of the molecule is Cc1ccc(C(=O)NNC(=O)c2c(C)cccc2Cl)cc1C#Cc1cnc2ccccc2n1. The number of carbonyl (C=O) groups excluding carboxylic acids is 2. The van der Waals surface area contributed by atoms with E-state index in [2.05, 4.69) is 32.7 Å². The van der Waals surface area contributed by atoms with Gasteiger partial charge in [-0.15, -0.1) is 0 Å². The van der Waals surface area contributed by atoms with Crippen LogP contribution in [0.15, 0.2) is 66.9 Å². The molecule has 33 heavy (non-hydrogen) atoms. The van der Waals surface area contributed by atoms with E-state index in [4.69, 9.17) is 11.6 Å². The summed E-state index contributed by atoms with van der Waals surface area (Å²) in [5.74, 6) is 5.10. The molecular weight excluding hydrogens is 436 g/mol. The molecule has 0 saturated heterocycles. The molecule has 2 amide bonds. The van der Waals surface area contributed by atoms with Crippen LogP contribution in [0.4, 0.5) is 0 Å². The minimum absolute atomic E-state index is 0.312. The number of aryl methyl sites for hydroxylation is 2. The average Bonchev–Trinajstić information content (AvgIpc) is 2.81. The number of carbonyl (C=O) groups is 2. The fourth-order valence-corrected chi connectivity index (χ4v) is 3.52. The second-order valence-corrected chi connectivity index (χ2v) is 7.77. The minimum Gasteiger partial charge on any atom is -0.267 e. The van der Waals surface area contributed by atoms with E-state index in [9.17, 15) is 9.59 Å². The standard InChI is InChI=1S/C26H19ClN4O2/c1-16-10-11-19(25(32)30-31-26(33)24-17(2)6-5-7-21(24)27)14-18(16)12-13-20-15-28-22-8-3-4-9-23(22)29-20/h3-11,14-15H,1-2H3,(H,30,32)(H,31,33). The lowest BCUT2D eigenvalue weighted by molar-refractivity contribution is 0.0846. The molecule has 0 spiro atoms. The molecule has 6 nitrogen and oxygen atoms in total. The second kappa shape index (κ2) is 9.51. The molecule has 4 rings (SSSR count). The van der Waals surface area contributed by atoms with Gasteiger partial charge in [0.15, 0.2) is 0 Å².